The molecule has 0 aromatic heterocycles. The largest absolute Gasteiger partial charge is 0.444 e. The van der Waals surface area contributed by atoms with Crippen LogP contribution in [-0.4, -0.2) is 61.3 Å². The highest BCUT2D eigenvalue weighted by atomic mass is 16.6. The fourth-order valence-corrected chi connectivity index (χ4v) is 3.31. The Hall–Kier alpha value is -3.69. The van der Waals surface area contributed by atoms with Crippen molar-refractivity contribution in [3.63, 3.8) is 0 Å². The lowest BCUT2D eigenvalue weighted by Gasteiger charge is -2.25. The molecular weight excluding hydrogens is 448 g/mol. The topological polar surface area (TPSA) is 109 Å². The van der Waals surface area contributed by atoms with E-state index in [0.717, 1.165) is 13.1 Å². The standard InChI is InChI=1S/C26H32N4O5/c1-26(2,3)35-25(33)29-22-10-5-9-21(18-22)28-24(32)19-7-4-8-20(17-19)27-23(31)11-6-12-30-13-15-34-16-14-30/h4-11,17-18H,12-16H2,1-3H3,(H,27,31)(H,28,32)(H,29,33). The number of hydrogen-bond donors (Lipinski definition) is 3. The number of amides is 3. The average molecular weight is 481 g/mol. The molecule has 9 heteroatoms. The Balaban J connectivity index is 1.55. The van der Waals surface area contributed by atoms with Gasteiger partial charge in [0.15, 0.2) is 0 Å². The molecule has 3 amide bonds. The van der Waals surface area contributed by atoms with Crippen molar-refractivity contribution in [2.45, 2.75) is 26.4 Å². The van der Waals surface area contributed by atoms with Crippen molar-refractivity contribution < 1.29 is 23.9 Å². The summed E-state index contributed by atoms with van der Waals surface area (Å²) >= 11 is 0. The third-order valence-electron chi connectivity index (χ3n) is 4.89. The van der Waals surface area contributed by atoms with Crippen molar-refractivity contribution in [1.82, 2.24) is 4.90 Å². The second-order valence-electron chi connectivity index (χ2n) is 9.05. The highest BCUT2D eigenvalue weighted by Gasteiger charge is 2.16. The Morgan fingerprint density at radius 2 is 1.57 bits per heavy atom. The molecule has 2 aromatic carbocycles. The van der Waals surface area contributed by atoms with Gasteiger partial charge in [0, 0.05) is 48.3 Å². The number of ether oxygens (including phenoxy) is 2. The summed E-state index contributed by atoms with van der Waals surface area (Å²) in [5.74, 6) is -0.616. The molecule has 3 N–H and O–H groups in total. The summed E-state index contributed by atoms with van der Waals surface area (Å²) in [5, 5.41) is 8.22. The Morgan fingerprint density at radius 1 is 0.943 bits per heavy atom. The lowest BCUT2D eigenvalue weighted by molar-refractivity contribution is -0.111. The molecule has 1 aliphatic rings. The maximum absolute atomic E-state index is 12.8. The first kappa shape index (κ1) is 25.9. The minimum Gasteiger partial charge on any atom is -0.444 e. The van der Waals surface area contributed by atoms with E-state index in [1.165, 1.54) is 6.08 Å². The van der Waals surface area contributed by atoms with E-state index in [2.05, 4.69) is 20.9 Å². The zero-order chi connectivity index (χ0) is 25.3. The highest BCUT2D eigenvalue weighted by molar-refractivity contribution is 6.06. The van der Waals surface area contributed by atoms with Crippen LogP contribution in [-0.2, 0) is 14.3 Å². The molecule has 0 aliphatic carbocycles. The summed E-state index contributed by atoms with van der Waals surface area (Å²) in [6, 6.07) is 13.4. The van der Waals surface area contributed by atoms with Crippen molar-refractivity contribution >= 4 is 35.0 Å². The number of carbonyl (C=O) groups is 3. The van der Waals surface area contributed by atoms with Gasteiger partial charge in [0.1, 0.15) is 5.60 Å². The van der Waals surface area contributed by atoms with Crippen LogP contribution in [0.15, 0.2) is 60.7 Å². The molecular formula is C26H32N4O5. The lowest BCUT2D eigenvalue weighted by atomic mass is 10.1. The summed E-state index contributed by atoms with van der Waals surface area (Å²) in [5.41, 5.74) is 1.27. The monoisotopic (exact) mass is 480 g/mol. The summed E-state index contributed by atoms with van der Waals surface area (Å²) in [6.45, 7) is 9.14. The molecule has 0 bridgehead atoms. The van der Waals surface area contributed by atoms with Gasteiger partial charge in [0.05, 0.1) is 13.2 Å². The van der Waals surface area contributed by atoms with Gasteiger partial charge >= 0.3 is 6.09 Å². The van der Waals surface area contributed by atoms with Crippen LogP contribution in [0, 0.1) is 0 Å². The van der Waals surface area contributed by atoms with Gasteiger partial charge in [-0.15, -0.1) is 0 Å². The second-order valence-corrected chi connectivity index (χ2v) is 9.05. The molecule has 1 aliphatic heterocycles. The first-order valence-corrected chi connectivity index (χ1v) is 11.5. The first-order chi connectivity index (χ1) is 16.7. The number of morpholine rings is 1. The minimum atomic E-state index is -0.616. The molecule has 9 nitrogen and oxygen atoms in total. The molecule has 3 rings (SSSR count). The number of nitrogens with one attached hydrogen (secondary N) is 3. The number of benzene rings is 2. The SMILES string of the molecule is CC(C)(C)OC(=O)Nc1cccc(NC(=O)c2cccc(NC(=O)C=CCN3CCOCC3)c2)c1. The molecule has 0 radical (unpaired) electrons. The molecule has 0 atom stereocenters. The smallest absolute Gasteiger partial charge is 0.412 e. The molecule has 2 aromatic rings. The molecule has 1 fully saturated rings. The molecule has 0 saturated carbocycles. The van der Waals surface area contributed by atoms with Gasteiger partial charge < -0.3 is 20.1 Å². The van der Waals surface area contributed by atoms with E-state index in [1.54, 1.807) is 69.3 Å². The van der Waals surface area contributed by atoms with Gasteiger partial charge in [-0.2, -0.15) is 0 Å². The van der Waals surface area contributed by atoms with Crippen molar-refractivity contribution in [2.24, 2.45) is 0 Å². The summed E-state index contributed by atoms with van der Waals surface area (Å²) in [7, 11) is 0. The number of nitrogens with zero attached hydrogens (tertiary/aromatic N) is 1. The second kappa shape index (κ2) is 12.1. The third kappa shape index (κ3) is 9.23. The van der Waals surface area contributed by atoms with Crippen LogP contribution in [0.1, 0.15) is 31.1 Å². The van der Waals surface area contributed by atoms with Crippen LogP contribution in [0.2, 0.25) is 0 Å². The first-order valence-electron chi connectivity index (χ1n) is 11.5. The van der Waals surface area contributed by atoms with Gasteiger partial charge in [0.2, 0.25) is 5.91 Å². The number of anilines is 3. The normalized spacial score (nSPS) is 14.4. The van der Waals surface area contributed by atoms with Crippen LogP contribution < -0.4 is 16.0 Å². The molecule has 186 valence electrons. The van der Waals surface area contributed by atoms with E-state index >= 15 is 0 Å². The van der Waals surface area contributed by atoms with E-state index in [1.807, 2.05) is 6.08 Å². The maximum Gasteiger partial charge on any atom is 0.412 e. The van der Waals surface area contributed by atoms with Gasteiger partial charge in [-0.3, -0.25) is 19.8 Å². The fraction of sp³-hybridized carbons (Fsp3) is 0.346. The predicted octanol–water partition coefficient (Wildman–Crippen LogP) is 4.11. The fourth-order valence-electron chi connectivity index (χ4n) is 3.31. The number of rotatable bonds is 7. The summed E-state index contributed by atoms with van der Waals surface area (Å²) < 4.78 is 10.6. The lowest BCUT2D eigenvalue weighted by Crippen LogP contribution is -2.36. The Labute approximate surface area is 205 Å². The van der Waals surface area contributed by atoms with Crippen molar-refractivity contribution in [3.8, 4) is 0 Å². The van der Waals surface area contributed by atoms with Gasteiger partial charge in [-0.1, -0.05) is 18.2 Å². The van der Waals surface area contributed by atoms with E-state index in [9.17, 15) is 14.4 Å². The molecule has 1 heterocycles. The van der Waals surface area contributed by atoms with E-state index in [-0.39, 0.29) is 11.8 Å². The van der Waals surface area contributed by atoms with Crippen LogP contribution in [0.25, 0.3) is 0 Å². The predicted molar refractivity (Wildman–Crippen MR) is 136 cm³/mol. The van der Waals surface area contributed by atoms with E-state index in [0.29, 0.717) is 42.4 Å². The zero-order valence-electron chi connectivity index (χ0n) is 20.3. The number of hydrogen-bond acceptors (Lipinski definition) is 6. The molecule has 0 spiro atoms. The zero-order valence-corrected chi connectivity index (χ0v) is 20.3. The van der Waals surface area contributed by atoms with Crippen molar-refractivity contribution in [2.75, 3.05) is 48.8 Å². The van der Waals surface area contributed by atoms with Crippen LogP contribution in [0.5, 0.6) is 0 Å². The summed E-state index contributed by atoms with van der Waals surface area (Å²) in [6.07, 6.45) is 2.73. The van der Waals surface area contributed by atoms with Crippen LogP contribution in [0.4, 0.5) is 21.9 Å². The Kier molecular flexibility index (Phi) is 8.99. The highest BCUT2D eigenvalue weighted by Crippen LogP contribution is 2.18. The van der Waals surface area contributed by atoms with Crippen molar-refractivity contribution in [1.29, 1.82) is 0 Å². The maximum atomic E-state index is 12.8. The van der Waals surface area contributed by atoms with E-state index < -0.39 is 11.7 Å². The van der Waals surface area contributed by atoms with Gasteiger partial charge in [-0.25, -0.2) is 4.79 Å². The van der Waals surface area contributed by atoms with Crippen LogP contribution in [0.3, 0.4) is 0 Å². The quantitative estimate of drug-likeness (QED) is 0.515. The summed E-state index contributed by atoms with van der Waals surface area (Å²) in [4.78, 5) is 39.2. The van der Waals surface area contributed by atoms with Gasteiger partial charge in [-0.05, 0) is 57.2 Å². The molecule has 0 unspecified atom stereocenters. The molecule has 1 saturated heterocycles. The average Bonchev–Trinajstić information content (AvgIpc) is 2.79. The van der Waals surface area contributed by atoms with Gasteiger partial charge in [0.25, 0.3) is 5.91 Å². The Bertz CT molecular complexity index is 1070. The van der Waals surface area contributed by atoms with E-state index in [4.69, 9.17) is 9.47 Å². The number of carbonyl (C=O) groups excluding carboxylic acids is 3. The minimum absolute atomic E-state index is 0.267. The van der Waals surface area contributed by atoms with Crippen LogP contribution >= 0.6 is 0 Å². The van der Waals surface area contributed by atoms with Crippen molar-refractivity contribution in [3.05, 3.63) is 66.2 Å². The molecule has 35 heavy (non-hydrogen) atoms. The Morgan fingerprint density at radius 3 is 2.26 bits per heavy atom. The third-order valence-corrected chi connectivity index (χ3v) is 4.89.